The van der Waals surface area contributed by atoms with E-state index in [0.717, 1.165) is 15.5 Å². The SMILES string of the molecule is [B]c1sc(C)nc1C. The molecular formula is C5H6BNS. The summed E-state index contributed by atoms with van der Waals surface area (Å²) in [6.07, 6.45) is 0. The van der Waals surface area contributed by atoms with Crippen LogP contribution < -0.4 is 4.78 Å². The van der Waals surface area contributed by atoms with E-state index in [2.05, 4.69) is 4.98 Å². The van der Waals surface area contributed by atoms with Crippen LogP contribution in [0.15, 0.2) is 0 Å². The second-order valence-corrected chi connectivity index (χ2v) is 2.92. The number of hydrogen-bond donors (Lipinski definition) is 0. The molecule has 0 saturated heterocycles. The van der Waals surface area contributed by atoms with Crippen LogP contribution in [0.2, 0.25) is 0 Å². The number of aromatic nitrogens is 1. The molecule has 2 radical (unpaired) electrons. The van der Waals surface area contributed by atoms with Gasteiger partial charge in [0.05, 0.1) is 5.01 Å². The molecule has 1 aromatic rings. The molecule has 0 spiro atoms. The molecule has 3 heteroatoms. The molecule has 0 fully saturated rings. The summed E-state index contributed by atoms with van der Waals surface area (Å²) in [4.78, 5) is 4.10. The van der Waals surface area contributed by atoms with Gasteiger partial charge in [-0.1, -0.05) is 0 Å². The maximum absolute atomic E-state index is 5.50. The molecule has 0 unspecified atom stereocenters. The Kier molecular flexibility index (Phi) is 1.38. The smallest absolute Gasteiger partial charge is 0.131 e. The average molecular weight is 123 g/mol. The van der Waals surface area contributed by atoms with Crippen molar-refractivity contribution < 1.29 is 0 Å². The first kappa shape index (κ1) is 5.82. The van der Waals surface area contributed by atoms with Gasteiger partial charge in [0, 0.05) is 5.69 Å². The number of aryl methyl sites for hydroxylation is 2. The third-order valence-corrected chi connectivity index (χ3v) is 1.84. The third kappa shape index (κ3) is 0.918. The topological polar surface area (TPSA) is 12.9 Å². The molecule has 0 bridgehead atoms. The Balaban J connectivity index is 3.14. The number of hydrogen-bond acceptors (Lipinski definition) is 2. The summed E-state index contributed by atoms with van der Waals surface area (Å²) in [6, 6.07) is 0. The van der Waals surface area contributed by atoms with Crippen LogP contribution in [0.25, 0.3) is 0 Å². The summed E-state index contributed by atoms with van der Waals surface area (Å²) in [5.41, 5.74) is 0.951. The molecule has 0 aliphatic heterocycles. The number of rotatable bonds is 0. The Morgan fingerprint density at radius 2 is 2.12 bits per heavy atom. The van der Waals surface area contributed by atoms with Crippen molar-refractivity contribution in [3.8, 4) is 0 Å². The quantitative estimate of drug-likeness (QED) is 0.459. The first-order valence-electron chi connectivity index (χ1n) is 2.39. The van der Waals surface area contributed by atoms with Crippen LogP contribution in [-0.2, 0) is 0 Å². The predicted molar refractivity (Wildman–Crippen MR) is 37.0 cm³/mol. The molecule has 1 nitrogen and oxygen atoms in total. The van der Waals surface area contributed by atoms with Crippen molar-refractivity contribution in [2.45, 2.75) is 13.8 Å². The van der Waals surface area contributed by atoms with Crippen LogP contribution in [-0.4, -0.2) is 12.8 Å². The fourth-order valence-corrected chi connectivity index (χ4v) is 1.24. The molecule has 0 aromatic carbocycles. The molecule has 0 atom stereocenters. The highest BCUT2D eigenvalue weighted by atomic mass is 32.1. The van der Waals surface area contributed by atoms with E-state index in [4.69, 9.17) is 7.85 Å². The van der Waals surface area contributed by atoms with E-state index in [0.29, 0.717) is 0 Å². The normalized spacial score (nSPS) is 9.75. The predicted octanol–water partition coefficient (Wildman–Crippen LogP) is 0.554. The molecule has 0 N–H and O–H groups in total. The zero-order valence-corrected chi connectivity index (χ0v) is 5.75. The van der Waals surface area contributed by atoms with Gasteiger partial charge in [-0.25, -0.2) is 4.98 Å². The van der Waals surface area contributed by atoms with Gasteiger partial charge in [-0.3, -0.25) is 0 Å². The van der Waals surface area contributed by atoms with Crippen LogP contribution in [0.1, 0.15) is 10.7 Å². The van der Waals surface area contributed by atoms with Gasteiger partial charge in [0.2, 0.25) is 0 Å². The second kappa shape index (κ2) is 1.90. The van der Waals surface area contributed by atoms with Gasteiger partial charge in [-0.05, 0) is 18.6 Å². The van der Waals surface area contributed by atoms with Gasteiger partial charge in [0.15, 0.2) is 0 Å². The van der Waals surface area contributed by atoms with Crippen molar-refractivity contribution in [1.82, 2.24) is 4.98 Å². The van der Waals surface area contributed by atoms with Crippen molar-refractivity contribution >= 4 is 24.0 Å². The van der Waals surface area contributed by atoms with Crippen LogP contribution in [0.4, 0.5) is 0 Å². The minimum absolute atomic E-state index is 0.836. The molecule has 0 amide bonds. The fourth-order valence-electron chi connectivity index (χ4n) is 0.547. The molecule has 0 saturated carbocycles. The summed E-state index contributed by atoms with van der Waals surface area (Å²) >= 11 is 1.54. The van der Waals surface area contributed by atoms with Crippen molar-refractivity contribution in [2.75, 3.05) is 0 Å². The zero-order valence-electron chi connectivity index (χ0n) is 4.93. The lowest BCUT2D eigenvalue weighted by atomic mass is 10.1. The molecule has 0 aliphatic rings. The monoisotopic (exact) mass is 123 g/mol. The second-order valence-electron chi connectivity index (χ2n) is 1.68. The minimum Gasteiger partial charge on any atom is -0.248 e. The average Bonchev–Trinajstić information content (AvgIpc) is 1.85. The molecular weight excluding hydrogens is 117 g/mol. The van der Waals surface area contributed by atoms with Crippen LogP contribution in [0, 0.1) is 13.8 Å². The fraction of sp³-hybridized carbons (Fsp3) is 0.400. The van der Waals surface area contributed by atoms with E-state index in [1.165, 1.54) is 11.3 Å². The lowest BCUT2D eigenvalue weighted by Crippen LogP contribution is -1.97. The molecule has 8 heavy (non-hydrogen) atoms. The summed E-state index contributed by atoms with van der Waals surface area (Å²) in [7, 11) is 5.50. The Hall–Kier alpha value is -0.305. The maximum Gasteiger partial charge on any atom is 0.131 e. The van der Waals surface area contributed by atoms with Crippen LogP contribution in [0.5, 0.6) is 0 Å². The van der Waals surface area contributed by atoms with E-state index in [1.807, 2.05) is 13.8 Å². The zero-order chi connectivity index (χ0) is 6.15. The molecule has 40 valence electrons. The first-order valence-corrected chi connectivity index (χ1v) is 3.21. The number of thiazole rings is 1. The highest BCUT2D eigenvalue weighted by Crippen LogP contribution is 2.00. The van der Waals surface area contributed by atoms with E-state index < -0.39 is 0 Å². The molecule has 1 rings (SSSR count). The van der Waals surface area contributed by atoms with Crippen LogP contribution >= 0.6 is 11.3 Å². The van der Waals surface area contributed by atoms with Crippen LogP contribution in [0.3, 0.4) is 0 Å². The van der Waals surface area contributed by atoms with E-state index in [-0.39, 0.29) is 0 Å². The van der Waals surface area contributed by atoms with E-state index in [1.54, 1.807) is 0 Å². The summed E-state index contributed by atoms with van der Waals surface area (Å²) < 4.78 is 0.836. The Morgan fingerprint density at radius 1 is 1.50 bits per heavy atom. The van der Waals surface area contributed by atoms with Crippen molar-refractivity contribution in [3.63, 3.8) is 0 Å². The lowest BCUT2D eigenvalue weighted by molar-refractivity contribution is 1.21. The van der Waals surface area contributed by atoms with Crippen molar-refractivity contribution in [1.29, 1.82) is 0 Å². The summed E-state index contributed by atoms with van der Waals surface area (Å²) in [5, 5.41) is 1.04. The minimum atomic E-state index is 0.836. The van der Waals surface area contributed by atoms with Gasteiger partial charge >= 0.3 is 0 Å². The van der Waals surface area contributed by atoms with Gasteiger partial charge in [-0.2, -0.15) is 0 Å². The first-order chi connectivity index (χ1) is 3.70. The van der Waals surface area contributed by atoms with Crippen molar-refractivity contribution in [2.24, 2.45) is 0 Å². The van der Waals surface area contributed by atoms with Gasteiger partial charge in [0.1, 0.15) is 7.85 Å². The summed E-state index contributed by atoms with van der Waals surface area (Å²) in [6.45, 7) is 3.87. The van der Waals surface area contributed by atoms with E-state index >= 15 is 0 Å². The number of nitrogens with zero attached hydrogens (tertiary/aromatic N) is 1. The van der Waals surface area contributed by atoms with E-state index in [9.17, 15) is 0 Å². The van der Waals surface area contributed by atoms with Gasteiger partial charge < -0.3 is 0 Å². The Morgan fingerprint density at radius 3 is 2.25 bits per heavy atom. The Labute approximate surface area is 54.2 Å². The van der Waals surface area contributed by atoms with Crippen molar-refractivity contribution in [3.05, 3.63) is 10.7 Å². The van der Waals surface area contributed by atoms with Gasteiger partial charge in [0.25, 0.3) is 0 Å². The lowest BCUT2D eigenvalue weighted by Gasteiger charge is -1.78. The maximum atomic E-state index is 5.50. The largest absolute Gasteiger partial charge is 0.248 e. The highest BCUT2D eigenvalue weighted by Gasteiger charge is 1.95. The molecule has 0 aliphatic carbocycles. The third-order valence-electron chi connectivity index (χ3n) is 0.939. The molecule has 1 aromatic heterocycles. The summed E-state index contributed by atoms with van der Waals surface area (Å²) in [5.74, 6) is 0. The standard InChI is InChI=1S/C5H6BNS/c1-3-5(6)8-4(2)7-3/h1-2H3. The molecule has 1 heterocycles. The van der Waals surface area contributed by atoms with Gasteiger partial charge in [-0.15, -0.1) is 11.3 Å². The Bertz CT molecular complexity index is 175. The highest BCUT2D eigenvalue weighted by molar-refractivity contribution is 7.19.